The number of benzene rings is 1. The average Bonchev–Trinajstić information content (AvgIpc) is 2.36. The second kappa shape index (κ2) is 6.47. The van der Waals surface area contributed by atoms with Gasteiger partial charge in [0.2, 0.25) is 5.91 Å². The van der Waals surface area contributed by atoms with Crippen molar-refractivity contribution in [1.82, 2.24) is 0 Å². The molecule has 0 bridgehead atoms. The lowest BCUT2D eigenvalue weighted by Gasteiger charge is -2.32. The lowest BCUT2D eigenvalue weighted by atomic mass is 9.73. The van der Waals surface area contributed by atoms with Gasteiger partial charge in [0.25, 0.3) is 0 Å². The van der Waals surface area contributed by atoms with Crippen molar-refractivity contribution in [1.29, 1.82) is 0 Å². The minimum atomic E-state index is -4.49. The molecule has 1 aliphatic carbocycles. The first-order chi connectivity index (χ1) is 10.7. The van der Waals surface area contributed by atoms with Crippen molar-refractivity contribution in [3.63, 3.8) is 0 Å². The number of rotatable bonds is 5. The molecular weight excluding hydrogens is 315 g/mol. The van der Waals surface area contributed by atoms with Crippen LogP contribution in [0.1, 0.15) is 18.4 Å². The van der Waals surface area contributed by atoms with Crippen LogP contribution in [0.3, 0.4) is 0 Å². The molecule has 1 fully saturated rings. The lowest BCUT2D eigenvalue weighted by molar-refractivity contribution is -0.153. The summed E-state index contributed by atoms with van der Waals surface area (Å²) in [4.78, 5) is 23.0. The minimum Gasteiger partial charge on any atom is -0.482 e. The van der Waals surface area contributed by atoms with Gasteiger partial charge in [-0.2, -0.15) is 13.2 Å². The van der Waals surface area contributed by atoms with E-state index in [0.29, 0.717) is 18.4 Å². The van der Waals surface area contributed by atoms with Crippen LogP contribution in [0.2, 0.25) is 0 Å². The van der Waals surface area contributed by atoms with Crippen LogP contribution in [0.4, 0.5) is 18.9 Å². The van der Waals surface area contributed by atoms with Crippen molar-refractivity contribution in [2.24, 2.45) is 11.8 Å². The van der Waals surface area contributed by atoms with Gasteiger partial charge in [-0.25, -0.2) is 0 Å². The zero-order valence-electron chi connectivity index (χ0n) is 12.3. The standard InChI is InChI=1S/C15H16F3NO4/c1-8-2-5-11(12(6-8)23-7-15(16,17)18)19-13(20)9-3-4-10(9)14(21)22/h2,5-6,9-10H,3-4,7H2,1H3,(H,19,20)(H,21,22). The summed E-state index contributed by atoms with van der Waals surface area (Å²) in [5.41, 5.74) is 0.771. The Hall–Kier alpha value is -2.25. The molecule has 1 aliphatic rings. The van der Waals surface area contributed by atoms with Crippen LogP contribution in [0, 0.1) is 18.8 Å². The number of aliphatic carboxylic acids is 1. The lowest BCUT2D eigenvalue weighted by Crippen LogP contribution is -2.41. The number of carboxylic acid groups (broad SMARTS) is 1. The SMILES string of the molecule is Cc1ccc(NC(=O)C2CCC2C(=O)O)c(OCC(F)(F)F)c1. The van der Waals surface area contributed by atoms with Crippen molar-refractivity contribution in [3.8, 4) is 5.75 Å². The van der Waals surface area contributed by atoms with Crippen LogP contribution in [-0.4, -0.2) is 29.8 Å². The maximum absolute atomic E-state index is 12.3. The van der Waals surface area contributed by atoms with Gasteiger partial charge >= 0.3 is 12.1 Å². The number of carbonyl (C=O) groups excluding carboxylic acids is 1. The number of hydrogen-bond donors (Lipinski definition) is 2. The Morgan fingerprint density at radius 1 is 1.30 bits per heavy atom. The van der Waals surface area contributed by atoms with E-state index < -0.39 is 36.5 Å². The van der Waals surface area contributed by atoms with Crippen molar-refractivity contribution in [2.75, 3.05) is 11.9 Å². The van der Waals surface area contributed by atoms with Crippen LogP contribution in [0.15, 0.2) is 18.2 Å². The summed E-state index contributed by atoms with van der Waals surface area (Å²) in [5.74, 6) is -3.09. The molecule has 0 aromatic heterocycles. The van der Waals surface area contributed by atoms with E-state index in [4.69, 9.17) is 9.84 Å². The molecule has 1 aromatic rings. The number of ether oxygens (including phenoxy) is 1. The normalized spacial score (nSPS) is 20.5. The number of carbonyl (C=O) groups is 2. The van der Waals surface area contributed by atoms with E-state index in [1.165, 1.54) is 12.1 Å². The third-order valence-electron chi connectivity index (χ3n) is 3.71. The molecule has 2 N–H and O–H groups in total. The Bertz CT molecular complexity index is 615. The predicted octanol–water partition coefficient (Wildman–Crippen LogP) is 2.99. The number of anilines is 1. The zero-order chi connectivity index (χ0) is 17.2. The highest BCUT2D eigenvalue weighted by Crippen LogP contribution is 2.36. The monoisotopic (exact) mass is 331 g/mol. The number of alkyl halides is 3. The minimum absolute atomic E-state index is 0.0955. The largest absolute Gasteiger partial charge is 0.482 e. The van der Waals surface area contributed by atoms with Crippen molar-refractivity contribution in [3.05, 3.63) is 23.8 Å². The van der Waals surface area contributed by atoms with Crippen molar-refractivity contribution in [2.45, 2.75) is 25.9 Å². The van der Waals surface area contributed by atoms with E-state index in [-0.39, 0.29) is 11.4 Å². The summed E-state index contributed by atoms with van der Waals surface area (Å²) in [6.07, 6.45) is -3.64. The van der Waals surface area contributed by atoms with E-state index in [9.17, 15) is 22.8 Å². The summed E-state index contributed by atoms with van der Waals surface area (Å²) < 4.78 is 41.6. The van der Waals surface area contributed by atoms with Gasteiger partial charge in [-0.1, -0.05) is 6.07 Å². The molecule has 1 amide bonds. The van der Waals surface area contributed by atoms with Gasteiger partial charge in [0, 0.05) is 0 Å². The van der Waals surface area contributed by atoms with Crippen LogP contribution < -0.4 is 10.1 Å². The van der Waals surface area contributed by atoms with Crippen molar-refractivity contribution >= 4 is 17.6 Å². The van der Waals surface area contributed by atoms with Gasteiger partial charge in [0.05, 0.1) is 17.5 Å². The topological polar surface area (TPSA) is 75.6 Å². The molecule has 0 saturated heterocycles. The smallest absolute Gasteiger partial charge is 0.422 e. The van der Waals surface area contributed by atoms with Gasteiger partial charge < -0.3 is 15.2 Å². The Kier molecular flexibility index (Phi) is 4.82. The van der Waals surface area contributed by atoms with E-state index in [1.54, 1.807) is 13.0 Å². The fourth-order valence-corrected chi connectivity index (χ4v) is 2.35. The molecule has 2 atom stereocenters. The maximum atomic E-state index is 12.3. The number of aryl methyl sites for hydroxylation is 1. The Balaban J connectivity index is 2.10. The Labute approximate surface area is 130 Å². The van der Waals surface area contributed by atoms with E-state index in [0.717, 1.165) is 0 Å². The quantitative estimate of drug-likeness (QED) is 0.870. The summed E-state index contributed by atoms with van der Waals surface area (Å²) in [7, 11) is 0. The summed E-state index contributed by atoms with van der Waals surface area (Å²) in [6, 6.07) is 4.44. The molecule has 0 radical (unpaired) electrons. The molecule has 23 heavy (non-hydrogen) atoms. The molecule has 8 heteroatoms. The molecule has 2 unspecified atom stereocenters. The third kappa shape index (κ3) is 4.37. The molecule has 126 valence electrons. The van der Waals surface area contributed by atoms with Gasteiger partial charge in [-0.15, -0.1) is 0 Å². The van der Waals surface area contributed by atoms with E-state index in [2.05, 4.69) is 5.32 Å². The first-order valence-electron chi connectivity index (χ1n) is 7.01. The second-order valence-electron chi connectivity index (χ2n) is 5.52. The molecule has 1 aromatic carbocycles. The van der Waals surface area contributed by atoms with Gasteiger partial charge in [-0.3, -0.25) is 9.59 Å². The fraction of sp³-hybridized carbons (Fsp3) is 0.467. The summed E-state index contributed by atoms with van der Waals surface area (Å²) in [5, 5.41) is 11.4. The van der Waals surface area contributed by atoms with Gasteiger partial charge in [-0.05, 0) is 37.5 Å². The maximum Gasteiger partial charge on any atom is 0.422 e. The number of halogens is 3. The molecule has 1 saturated carbocycles. The number of amides is 1. The first-order valence-corrected chi connectivity index (χ1v) is 7.01. The average molecular weight is 331 g/mol. The van der Waals surface area contributed by atoms with Gasteiger partial charge in [0.1, 0.15) is 5.75 Å². The van der Waals surface area contributed by atoms with Crippen molar-refractivity contribution < 1.29 is 32.6 Å². The summed E-state index contributed by atoms with van der Waals surface area (Å²) in [6.45, 7) is 0.207. The highest BCUT2D eigenvalue weighted by atomic mass is 19.4. The second-order valence-corrected chi connectivity index (χ2v) is 5.52. The highest BCUT2D eigenvalue weighted by molar-refractivity contribution is 5.97. The highest BCUT2D eigenvalue weighted by Gasteiger charge is 2.41. The van der Waals surface area contributed by atoms with E-state index in [1.807, 2.05) is 0 Å². The number of nitrogens with one attached hydrogen (secondary N) is 1. The molecule has 2 rings (SSSR count). The molecule has 0 spiro atoms. The number of hydrogen-bond acceptors (Lipinski definition) is 3. The molecule has 0 aliphatic heterocycles. The summed E-state index contributed by atoms with van der Waals surface area (Å²) >= 11 is 0. The van der Waals surface area contributed by atoms with Crippen LogP contribution in [0.5, 0.6) is 5.75 Å². The molecule has 5 nitrogen and oxygen atoms in total. The molecular formula is C15H16F3NO4. The van der Waals surface area contributed by atoms with E-state index >= 15 is 0 Å². The fourth-order valence-electron chi connectivity index (χ4n) is 2.35. The zero-order valence-corrected chi connectivity index (χ0v) is 12.3. The Morgan fingerprint density at radius 3 is 2.48 bits per heavy atom. The Morgan fingerprint density at radius 2 is 1.96 bits per heavy atom. The van der Waals surface area contributed by atoms with Gasteiger partial charge in [0.15, 0.2) is 6.61 Å². The predicted molar refractivity (Wildman–Crippen MR) is 75.2 cm³/mol. The first kappa shape index (κ1) is 17.1. The third-order valence-corrected chi connectivity index (χ3v) is 3.71. The molecule has 0 heterocycles. The van der Waals surface area contributed by atoms with Crippen LogP contribution in [0.25, 0.3) is 0 Å². The van der Waals surface area contributed by atoms with Crippen LogP contribution >= 0.6 is 0 Å². The van der Waals surface area contributed by atoms with Crippen LogP contribution in [-0.2, 0) is 9.59 Å². The number of carboxylic acids is 1.